The van der Waals surface area contributed by atoms with Crippen LogP contribution in [0.1, 0.15) is 0 Å². The van der Waals surface area contributed by atoms with Crippen LogP contribution in [0.15, 0.2) is 0 Å². The maximum absolute atomic E-state index is 9.11. The topological polar surface area (TPSA) is 102 Å². The van der Waals surface area contributed by atoms with Gasteiger partial charge in [0.1, 0.15) is 0 Å². The Morgan fingerprint density at radius 2 is 1.92 bits per heavy atom. The summed E-state index contributed by atoms with van der Waals surface area (Å²) in [6.45, 7) is 0.112. The molecule has 0 aromatic carbocycles. The van der Waals surface area contributed by atoms with Gasteiger partial charge in [0.2, 0.25) is 0 Å². The molecule has 1 fully saturated rings. The summed E-state index contributed by atoms with van der Waals surface area (Å²) < 4.78 is 4.63. The number of halogens is 2. The first-order valence-corrected chi connectivity index (χ1v) is 8.87. The van der Waals surface area contributed by atoms with Crippen LogP contribution in [0.3, 0.4) is 0 Å². The van der Waals surface area contributed by atoms with Gasteiger partial charge >= 0.3 is 35.3 Å². The van der Waals surface area contributed by atoms with Crippen LogP contribution in [0.2, 0.25) is 0 Å². The van der Waals surface area contributed by atoms with E-state index < -0.39 is 34.7 Å². The third-order valence-electron chi connectivity index (χ3n) is 1.52. The van der Waals surface area contributed by atoms with Gasteiger partial charge in [-0.25, -0.2) is 0 Å². The first-order valence-electron chi connectivity index (χ1n) is 3.24. The van der Waals surface area contributed by atoms with E-state index in [1.807, 2.05) is 0 Å². The van der Waals surface area contributed by atoms with E-state index in [1.165, 1.54) is 0 Å². The molecule has 0 aromatic rings. The van der Waals surface area contributed by atoms with Gasteiger partial charge in [-0.1, -0.05) is 6.29 Å². The summed E-state index contributed by atoms with van der Waals surface area (Å²) in [6.07, 6.45) is -1.25. The van der Waals surface area contributed by atoms with Crippen molar-refractivity contribution in [2.45, 2.75) is 18.2 Å². The molecule has 0 spiro atoms. The Bertz CT molecular complexity index is 131. The molecule has 6 N–H and O–H groups in total. The molecule has 0 aromatic heterocycles. The molecule has 3 atom stereocenters. The molecule has 0 bridgehead atoms. The summed E-state index contributed by atoms with van der Waals surface area (Å²) >= 11 is -0.472. The van der Waals surface area contributed by atoms with E-state index in [1.54, 1.807) is 0 Å². The number of hydrogen-bond acceptors (Lipinski definition) is 5. The maximum atomic E-state index is 9.11. The third kappa shape index (κ3) is 4.90. The Morgan fingerprint density at radius 1 is 1.46 bits per heavy atom. The standard InChI is InChI=1S/C5H11N2O3.2ClH.Pt/c6-2-1-10-5(9)3(7)4(2)8;;;/h2-4,8-9H,1,6-7H2;2*1H;/q-1;;;+2/p-2/t2-,3-,4-;;;/m1.../s1. The zero-order chi connectivity index (χ0) is 10.4. The van der Waals surface area contributed by atoms with Crippen LogP contribution in [0, 0.1) is 6.29 Å². The van der Waals surface area contributed by atoms with Gasteiger partial charge < -0.3 is 26.4 Å². The van der Waals surface area contributed by atoms with Crippen LogP contribution in [0.5, 0.6) is 0 Å². The zero-order valence-corrected chi connectivity index (χ0v) is 10.3. The fourth-order valence-corrected chi connectivity index (χ4v) is 0.789. The normalized spacial score (nSPS) is 35.4. The number of rotatable bonds is 0. The Hall–Kier alpha value is 1.07. The molecule has 1 aliphatic rings. The summed E-state index contributed by atoms with van der Waals surface area (Å²) in [6, 6.07) is -1.38. The van der Waals surface area contributed by atoms with Crippen molar-refractivity contribution in [1.29, 1.82) is 0 Å². The fraction of sp³-hybridized carbons (Fsp3) is 0.800. The second-order valence-corrected chi connectivity index (χ2v) is 5.66. The third-order valence-corrected chi connectivity index (χ3v) is 1.52. The number of ether oxygens (including phenoxy) is 1. The molecule has 0 saturated carbocycles. The van der Waals surface area contributed by atoms with Crippen molar-refractivity contribution in [2.24, 2.45) is 11.5 Å². The number of aliphatic hydroxyl groups excluding tert-OH is 2. The van der Waals surface area contributed by atoms with Gasteiger partial charge in [-0.15, -0.1) is 0 Å². The average molecular weight is 413 g/mol. The van der Waals surface area contributed by atoms with Crippen LogP contribution < -0.4 is 11.5 Å². The van der Waals surface area contributed by atoms with E-state index in [-0.39, 0.29) is 12.9 Å². The molecule has 0 radical (unpaired) electrons. The zero-order valence-electron chi connectivity index (χ0n) is 6.47. The molecule has 84 valence electrons. The summed E-state index contributed by atoms with van der Waals surface area (Å²) in [5.41, 5.74) is 10.6. The van der Waals surface area contributed by atoms with Crippen LogP contribution in [0.4, 0.5) is 0 Å². The van der Waals surface area contributed by atoms with Crippen molar-refractivity contribution in [1.82, 2.24) is 0 Å². The van der Waals surface area contributed by atoms with Crippen molar-refractivity contribution < 1.29 is 31.4 Å². The minimum atomic E-state index is -0.909. The first-order chi connectivity index (χ1) is 6.04. The Morgan fingerprint density at radius 3 is 2.31 bits per heavy atom. The SMILES string of the molecule is N[C@@H]1CO[C-](O)[C@H](N)[C@@H]1O.[Cl][Pt][Cl]. The Kier molecular flexibility index (Phi) is 7.98. The molecule has 0 amide bonds. The summed E-state index contributed by atoms with van der Waals surface area (Å²) in [5.74, 6) is 0. The average Bonchev–Trinajstić information content (AvgIpc) is 2.10. The van der Waals surface area contributed by atoms with E-state index in [4.69, 9.17) is 40.5 Å². The quantitative estimate of drug-likeness (QED) is 0.393. The number of aliphatic hydroxyl groups is 2. The van der Waals surface area contributed by atoms with E-state index in [9.17, 15) is 0 Å². The van der Waals surface area contributed by atoms with Crippen molar-refractivity contribution in [2.75, 3.05) is 6.61 Å². The van der Waals surface area contributed by atoms with Crippen molar-refractivity contribution in [3.05, 3.63) is 6.29 Å². The second-order valence-electron chi connectivity index (χ2n) is 2.37. The second kappa shape index (κ2) is 7.37. The number of hydrogen-bond donors (Lipinski definition) is 4. The van der Waals surface area contributed by atoms with Crippen LogP contribution in [0.25, 0.3) is 0 Å². The van der Waals surface area contributed by atoms with Crippen molar-refractivity contribution >= 4 is 18.8 Å². The van der Waals surface area contributed by atoms with E-state index >= 15 is 0 Å². The molecular formula is C5H11Cl2N2O3Pt-. The molecule has 13 heavy (non-hydrogen) atoms. The molecule has 1 saturated heterocycles. The summed E-state index contributed by atoms with van der Waals surface area (Å²) in [5, 5.41) is 17.9. The van der Waals surface area contributed by atoms with Gasteiger partial charge in [0, 0.05) is 6.61 Å². The van der Waals surface area contributed by atoms with Crippen LogP contribution >= 0.6 is 18.8 Å². The van der Waals surface area contributed by atoms with Crippen molar-refractivity contribution in [3.8, 4) is 0 Å². The predicted molar refractivity (Wildman–Crippen MR) is 44.8 cm³/mol. The molecule has 0 aliphatic carbocycles. The number of nitrogens with two attached hydrogens (primary N) is 2. The predicted octanol–water partition coefficient (Wildman–Crippen LogP) is -0.729. The van der Waals surface area contributed by atoms with Crippen LogP contribution in [-0.4, -0.2) is 35.0 Å². The van der Waals surface area contributed by atoms with E-state index in [2.05, 4.69) is 4.74 Å². The molecule has 1 aliphatic heterocycles. The van der Waals surface area contributed by atoms with Gasteiger partial charge in [-0.05, 0) is 6.04 Å². The molecular weight excluding hydrogens is 402 g/mol. The summed E-state index contributed by atoms with van der Waals surface area (Å²) in [7, 11) is 9.75. The van der Waals surface area contributed by atoms with E-state index in [0.29, 0.717) is 0 Å². The molecule has 1 heterocycles. The van der Waals surface area contributed by atoms with Crippen LogP contribution in [-0.2, 0) is 21.2 Å². The fourth-order valence-electron chi connectivity index (χ4n) is 0.789. The van der Waals surface area contributed by atoms with Gasteiger partial charge in [-0.2, -0.15) is 0 Å². The molecule has 0 unspecified atom stereocenters. The molecule has 8 heteroatoms. The Balaban J connectivity index is 0.000000424. The van der Waals surface area contributed by atoms with Gasteiger partial charge in [0.05, 0.1) is 12.1 Å². The van der Waals surface area contributed by atoms with E-state index in [0.717, 1.165) is 0 Å². The summed E-state index contributed by atoms with van der Waals surface area (Å²) in [4.78, 5) is 0. The first kappa shape index (κ1) is 14.1. The van der Waals surface area contributed by atoms with Gasteiger partial charge in [0.25, 0.3) is 0 Å². The minimum absolute atomic E-state index is 0.112. The monoisotopic (exact) mass is 412 g/mol. The van der Waals surface area contributed by atoms with Gasteiger partial charge in [0.15, 0.2) is 0 Å². The Labute approximate surface area is 92.7 Å². The van der Waals surface area contributed by atoms with Crippen molar-refractivity contribution in [3.63, 3.8) is 0 Å². The molecule has 1 rings (SSSR count). The molecule has 5 nitrogen and oxygen atoms in total. The van der Waals surface area contributed by atoms with Gasteiger partial charge in [-0.3, -0.25) is 0 Å².